The van der Waals surface area contributed by atoms with Crippen molar-refractivity contribution in [1.82, 2.24) is 15.1 Å². The van der Waals surface area contributed by atoms with Crippen LogP contribution in [0.5, 0.6) is 5.75 Å². The van der Waals surface area contributed by atoms with E-state index >= 15 is 0 Å². The molecule has 0 bridgehead atoms. The number of rotatable bonds is 8. The molecular weight excluding hydrogens is 480 g/mol. The number of carbonyl (C=O) groups is 2. The summed E-state index contributed by atoms with van der Waals surface area (Å²) in [6, 6.07) is 15.1. The van der Waals surface area contributed by atoms with E-state index in [1.54, 1.807) is 23.1 Å². The average molecular weight is 523 g/mol. The summed E-state index contributed by atoms with van der Waals surface area (Å²) in [6.07, 6.45) is 5.31. The van der Waals surface area contributed by atoms with E-state index in [9.17, 15) is 14.7 Å². The van der Waals surface area contributed by atoms with Crippen LogP contribution < -0.4 is 15.4 Å². The first-order chi connectivity index (χ1) is 18.3. The first kappa shape index (κ1) is 27.9. The summed E-state index contributed by atoms with van der Waals surface area (Å²) in [4.78, 5) is 30.3. The fourth-order valence-electron chi connectivity index (χ4n) is 5.38. The van der Waals surface area contributed by atoms with Crippen molar-refractivity contribution in [1.29, 1.82) is 0 Å². The molecule has 0 radical (unpaired) electrons. The molecule has 206 valence electrons. The lowest BCUT2D eigenvalue weighted by Gasteiger charge is -2.38. The summed E-state index contributed by atoms with van der Waals surface area (Å²) in [6.45, 7) is 5.73. The Morgan fingerprint density at radius 1 is 1.16 bits per heavy atom. The number of amides is 3. The van der Waals surface area contributed by atoms with Gasteiger partial charge in [0.2, 0.25) is 0 Å². The third-order valence-electron chi connectivity index (χ3n) is 7.65. The lowest BCUT2D eigenvalue weighted by atomic mass is 9.96. The third-order valence-corrected chi connectivity index (χ3v) is 7.65. The number of aliphatic hydroxyl groups is 1. The molecular formula is C30H42N4O4. The first-order valence-corrected chi connectivity index (χ1v) is 13.9. The zero-order chi connectivity index (χ0) is 27.1. The highest BCUT2D eigenvalue weighted by atomic mass is 16.5. The van der Waals surface area contributed by atoms with E-state index < -0.39 is 0 Å². The number of likely N-dealkylation sites (N-methyl/N-ethyl adjacent to an activating group) is 1. The molecule has 1 aliphatic carbocycles. The largest absolute Gasteiger partial charge is 0.488 e. The zero-order valence-corrected chi connectivity index (χ0v) is 22.9. The number of urea groups is 1. The highest BCUT2D eigenvalue weighted by Gasteiger charge is 2.33. The Morgan fingerprint density at radius 2 is 1.89 bits per heavy atom. The lowest BCUT2D eigenvalue weighted by Crippen LogP contribution is -2.49. The number of benzene rings is 2. The molecule has 38 heavy (non-hydrogen) atoms. The van der Waals surface area contributed by atoms with Gasteiger partial charge >= 0.3 is 6.03 Å². The van der Waals surface area contributed by atoms with Gasteiger partial charge in [-0.15, -0.1) is 0 Å². The summed E-state index contributed by atoms with van der Waals surface area (Å²) < 4.78 is 6.49. The molecule has 1 fully saturated rings. The van der Waals surface area contributed by atoms with E-state index in [1.807, 2.05) is 25.1 Å². The van der Waals surface area contributed by atoms with Crippen LogP contribution in [-0.4, -0.2) is 71.8 Å². The SMILES string of the molecule is C[C@@H]1CN([C@H](C)CO)C(=O)c2cc(NC(=O)NC3CCCCC3)ccc2O[C@@H]1CN(C)Cc1ccccc1. The molecule has 2 aromatic rings. The Balaban J connectivity index is 1.53. The van der Waals surface area contributed by atoms with Gasteiger partial charge in [-0.1, -0.05) is 56.5 Å². The van der Waals surface area contributed by atoms with Crippen molar-refractivity contribution < 1.29 is 19.4 Å². The summed E-state index contributed by atoms with van der Waals surface area (Å²) in [7, 11) is 2.07. The monoisotopic (exact) mass is 522 g/mol. The van der Waals surface area contributed by atoms with Gasteiger partial charge < -0.3 is 25.4 Å². The van der Waals surface area contributed by atoms with Crippen molar-refractivity contribution in [2.45, 2.75) is 70.7 Å². The second-order valence-electron chi connectivity index (χ2n) is 10.9. The molecule has 8 nitrogen and oxygen atoms in total. The van der Waals surface area contributed by atoms with Gasteiger partial charge in [0.1, 0.15) is 11.9 Å². The van der Waals surface area contributed by atoms with Crippen LogP contribution in [0.2, 0.25) is 0 Å². The quantitative estimate of drug-likeness (QED) is 0.475. The van der Waals surface area contributed by atoms with Crippen LogP contribution in [0.1, 0.15) is 61.9 Å². The maximum atomic E-state index is 13.7. The molecule has 3 amide bonds. The van der Waals surface area contributed by atoms with Crippen molar-refractivity contribution in [2.75, 3.05) is 32.1 Å². The van der Waals surface area contributed by atoms with Crippen LogP contribution in [0.4, 0.5) is 10.5 Å². The van der Waals surface area contributed by atoms with Crippen LogP contribution in [0.15, 0.2) is 48.5 Å². The highest BCUT2D eigenvalue weighted by Crippen LogP contribution is 2.31. The number of nitrogens with zero attached hydrogens (tertiary/aromatic N) is 2. The number of nitrogens with one attached hydrogen (secondary N) is 2. The maximum absolute atomic E-state index is 13.7. The van der Waals surface area contributed by atoms with E-state index in [0.717, 1.165) is 32.2 Å². The molecule has 3 N–H and O–H groups in total. The number of anilines is 1. The summed E-state index contributed by atoms with van der Waals surface area (Å²) in [5.74, 6) is 0.326. The van der Waals surface area contributed by atoms with Gasteiger partial charge in [-0.05, 0) is 50.6 Å². The van der Waals surface area contributed by atoms with Gasteiger partial charge in [-0.25, -0.2) is 4.79 Å². The summed E-state index contributed by atoms with van der Waals surface area (Å²) in [5, 5.41) is 15.9. The van der Waals surface area contributed by atoms with Crippen molar-refractivity contribution in [3.05, 3.63) is 59.7 Å². The molecule has 4 rings (SSSR count). The molecule has 0 saturated heterocycles. The van der Waals surface area contributed by atoms with Gasteiger partial charge in [0.15, 0.2) is 0 Å². The second-order valence-corrected chi connectivity index (χ2v) is 10.9. The smallest absolute Gasteiger partial charge is 0.319 e. The average Bonchev–Trinajstić information content (AvgIpc) is 2.91. The molecule has 8 heteroatoms. The normalized spacial score (nSPS) is 21.2. The van der Waals surface area contributed by atoms with E-state index in [-0.39, 0.29) is 42.7 Å². The van der Waals surface area contributed by atoms with Crippen LogP contribution >= 0.6 is 0 Å². The fraction of sp³-hybridized carbons (Fsp3) is 0.533. The topological polar surface area (TPSA) is 94.1 Å². The Kier molecular flexibility index (Phi) is 9.63. The Bertz CT molecular complexity index is 1070. The molecule has 0 aromatic heterocycles. The molecule has 1 saturated carbocycles. The van der Waals surface area contributed by atoms with Gasteiger partial charge in [0.25, 0.3) is 5.91 Å². The zero-order valence-electron chi connectivity index (χ0n) is 22.9. The minimum atomic E-state index is -0.343. The Hall–Kier alpha value is -3.10. The van der Waals surface area contributed by atoms with Gasteiger partial charge in [0, 0.05) is 37.3 Å². The number of hydrogen-bond acceptors (Lipinski definition) is 5. The fourth-order valence-corrected chi connectivity index (χ4v) is 5.38. The third kappa shape index (κ3) is 7.26. The van der Waals surface area contributed by atoms with Crippen LogP contribution in [0.25, 0.3) is 0 Å². The van der Waals surface area contributed by atoms with Gasteiger partial charge in [-0.2, -0.15) is 0 Å². The highest BCUT2D eigenvalue weighted by molar-refractivity contribution is 5.99. The van der Waals surface area contributed by atoms with Gasteiger partial charge in [-0.3, -0.25) is 9.69 Å². The molecule has 0 spiro atoms. The van der Waals surface area contributed by atoms with Crippen molar-refractivity contribution >= 4 is 17.6 Å². The summed E-state index contributed by atoms with van der Waals surface area (Å²) >= 11 is 0. The first-order valence-electron chi connectivity index (χ1n) is 13.9. The van der Waals surface area contributed by atoms with Crippen LogP contribution in [0.3, 0.4) is 0 Å². The number of fused-ring (bicyclic) bond motifs is 1. The van der Waals surface area contributed by atoms with Crippen LogP contribution in [0, 0.1) is 5.92 Å². The van der Waals surface area contributed by atoms with Crippen molar-refractivity contribution in [2.24, 2.45) is 5.92 Å². The molecule has 0 unspecified atom stereocenters. The summed E-state index contributed by atoms with van der Waals surface area (Å²) in [5.41, 5.74) is 2.15. The molecule has 1 aliphatic heterocycles. The lowest BCUT2D eigenvalue weighted by molar-refractivity contribution is 0.0341. The van der Waals surface area contributed by atoms with E-state index in [0.29, 0.717) is 30.1 Å². The van der Waals surface area contributed by atoms with E-state index in [2.05, 4.69) is 41.6 Å². The maximum Gasteiger partial charge on any atom is 0.319 e. The van der Waals surface area contributed by atoms with Crippen molar-refractivity contribution in [3.63, 3.8) is 0 Å². The van der Waals surface area contributed by atoms with Gasteiger partial charge in [0.05, 0.1) is 18.2 Å². The number of aliphatic hydroxyl groups excluding tert-OH is 1. The molecule has 2 aromatic carbocycles. The van der Waals surface area contributed by atoms with E-state index in [1.165, 1.54) is 12.0 Å². The second kappa shape index (κ2) is 13.1. The standard InChI is InChI=1S/C30H42N4O4/c1-21-17-34(22(2)20-35)29(36)26-16-25(32-30(37)31-24-12-8-5-9-13-24)14-15-27(26)38-28(21)19-33(3)18-23-10-6-4-7-11-23/h4,6-7,10-11,14-16,21-22,24,28,35H,5,8-9,12-13,17-20H2,1-3H3,(H2,31,32,37)/t21-,22-,28-/m1/s1. The Labute approximate surface area is 226 Å². The Morgan fingerprint density at radius 3 is 2.61 bits per heavy atom. The van der Waals surface area contributed by atoms with Crippen LogP contribution in [-0.2, 0) is 6.54 Å². The molecule has 2 aliphatic rings. The van der Waals surface area contributed by atoms with Crippen molar-refractivity contribution in [3.8, 4) is 5.75 Å². The number of carbonyl (C=O) groups excluding carboxylic acids is 2. The molecule has 3 atom stereocenters. The van der Waals surface area contributed by atoms with E-state index in [4.69, 9.17) is 4.74 Å². The minimum absolute atomic E-state index is 0.0402. The predicted molar refractivity (Wildman–Crippen MR) is 149 cm³/mol. The minimum Gasteiger partial charge on any atom is -0.488 e. The predicted octanol–water partition coefficient (Wildman–Crippen LogP) is 4.49. The number of hydrogen-bond donors (Lipinski definition) is 3. The number of ether oxygens (including phenoxy) is 1. The molecule has 1 heterocycles.